The summed E-state index contributed by atoms with van der Waals surface area (Å²) in [4.78, 5) is 137. The molecule has 0 radical (unpaired) electrons. The molecule has 1 saturated heterocycles. The number of Topliss-reactive ketones (excluding diaryl/α,β-unsaturated/α-hetero) is 2. The van der Waals surface area contributed by atoms with Crippen LogP contribution in [0.3, 0.4) is 0 Å². The Labute approximate surface area is 354 Å². The minimum atomic E-state index is -1.58. The van der Waals surface area contributed by atoms with E-state index < -0.39 is 119 Å². The number of carbonyl (C=O) groups is 10. The number of aromatic nitrogens is 1. The van der Waals surface area contributed by atoms with E-state index in [1.807, 2.05) is 0 Å². The summed E-state index contributed by atoms with van der Waals surface area (Å²) in [5, 5.41) is 22.7. The lowest BCUT2D eigenvalue weighted by atomic mass is 9.81. The van der Waals surface area contributed by atoms with Crippen molar-refractivity contribution in [1.29, 1.82) is 0 Å². The number of likely N-dealkylation sites (N-methyl/N-ethyl adjacent to an activating group) is 1. The lowest BCUT2D eigenvalue weighted by Gasteiger charge is -2.37. The highest BCUT2D eigenvalue weighted by atomic mass is 16.4. The van der Waals surface area contributed by atoms with Crippen LogP contribution < -0.4 is 32.3 Å². The molecule has 4 unspecified atom stereocenters. The molecule has 0 spiro atoms. The first kappa shape index (κ1) is 47.9. The maximum atomic E-state index is 14.5. The molecule has 1 aromatic rings. The molecular formula is C42H60N8O11. The average Bonchev–Trinajstić information content (AvgIpc) is 3.63. The van der Waals surface area contributed by atoms with E-state index in [9.17, 15) is 53.1 Å². The molecule has 5 atom stereocenters. The van der Waals surface area contributed by atoms with Gasteiger partial charge in [-0.3, -0.25) is 48.1 Å². The molecule has 61 heavy (non-hydrogen) atoms. The summed E-state index contributed by atoms with van der Waals surface area (Å²) in [7, 11) is 0. The van der Waals surface area contributed by atoms with Crippen molar-refractivity contribution in [2.75, 3.05) is 13.1 Å². The molecule has 8 N–H and O–H groups in total. The zero-order valence-electron chi connectivity index (χ0n) is 35.4. The predicted octanol–water partition coefficient (Wildman–Crippen LogP) is 0.680. The number of ketones is 2. The number of primary amides is 1. The van der Waals surface area contributed by atoms with Crippen molar-refractivity contribution in [2.24, 2.45) is 23.0 Å². The molecule has 19 nitrogen and oxygen atoms in total. The number of aromatic carboxylic acids is 1. The van der Waals surface area contributed by atoms with Gasteiger partial charge < -0.3 is 42.3 Å². The maximum absolute atomic E-state index is 14.5. The number of nitrogens with two attached hydrogens (primary N) is 1. The predicted molar refractivity (Wildman–Crippen MR) is 218 cm³/mol. The Bertz CT molecular complexity index is 1850. The quantitative estimate of drug-likeness (QED) is 0.100. The zero-order valence-corrected chi connectivity index (χ0v) is 35.4. The second-order valence-electron chi connectivity index (χ2n) is 17.3. The zero-order chi connectivity index (χ0) is 45.0. The van der Waals surface area contributed by atoms with E-state index in [-0.39, 0.29) is 30.4 Å². The van der Waals surface area contributed by atoms with E-state index in [4.69, 9.17) is 5.73 Å². The first-order valence-electron chi connectivity index (χ1n) is 21.2. The Morgan fingerprint density at radius 3 is 2.00 bits per heavy atom. The summed E-state index contributed by atoms with van der Waals surface area (Å²) in [5.41, 5.74) is 3.87. The third-order valence-electron chi connectivity index (χ3n) is 11.7. The van der Waals surface area contributed by atoms with Crippen molar-refractivity contribution in [3.05, 3.63) is 29.6 Å². The van der Waals surface area contributed by atoms with Crippen LogP contribution in [0.5, 0.6) is 0 Å². The molecule has 3 aliphatic rings. The Hall–Kier alpha value is -5.75. The van der Waals surface area contributed by atoms with Crippen molar-refractivity contribution >= 4 is 58.9 Å². The number of carboxylic acids is 1. The van der Waals surface area contributed by atoms with Crippen LogP contribution in [-0.2, 0) is 38.4 Å². The largest absolute Gasteiger partial charge is 0.478 e. The molecule has 7 amide bonds. The number of carbonyl (C=O) groups excluding carboxylic acids is 9. The van der Waals surface area contributed by atoms with Crippen LogP contribution in [0.4, 0.5) is 0 Å². The number of rotatable bonds is 18. The second kappa shape index (κ2) is 21.7. The fourth-order valence-corrected chi connectivity index (χ4v) is 8.38. The number of nitrogens with zero attached hydrogens (tertiary/aromatic N) is 2. The lowest BCUT2D eigenvalue weighted by molar-refractivity contribution is -0.145. The smallest absolute Gasteiger partial charge is 0.338 e. The van der Waals surface area contributed by atoms with Crippen LogP contribution in [0.2, 0.25) is 0 Å². The number of carboxylic acid groups (broad SMARTS) is 1. The van der Waals surface area contributed by atoms with Gasteiger partial charge >= 0.3 is 5.97 Å². The van der Waals surface area contributed by atoms with Crippen LogP contribution in [0.1, 0.15) is 132 Å². The van der Waals surface area contributed by atoms with Crippen molar-refractivity contribution in [3.63, 3.8) is 0 Å². The van der Waals surface area contributed by atoms with Gasteiger partial charge in [-0.05, 0) is 62.3 Å². The summed E-state index contributed by atoms with van der Waals surface area (Å²) >= 11 is 0. The van der Waals surface area contributed by atoms with E-state index in [1.165, 1.54) is 6.20 Å². The van der Waals surface area contributed by atoms with Gasteiger partial charge in [-0.15, -0.1) is 0 Å². The van der Waals surface area contributed by atoms with Crippen LogP contribution in [0.25, 0.3) is 0 Å². The minimum absolute atomic E-state index is 0.144. The van der Waals surface area contributed by atoms with Crippen LogP contribution >= 0.6 is 0 Å². The average molecular weight is 853 g/mol. The molecule has 2 aliphatic carbocycles. The summed E-state index contributed by atoms with van der Waals surface area (Å²) in [6, 6.07) is -5.26. The number of likely N-dealkylation sites (tertiary alicyclic amines) is 1. The van der Waals surface area contributed by atoms with E-state index in [2.05, 4.69) is 31.6 Å². The fourth-order valence-electron chi connectivity index (χ4n) is 8.38. The van der Waals surface area contributed by atoms with Gasteiger partial charge in [0.15, 0.2) is 5.78 Å². The number of hydrogen-bond donors (Lipinski definition) is 7. The number of hydrogen-bond acceptors (Lipinski definition) is 11. The second-order valence-corrected chi connectivity index (χ2v) is 17.3. The van der Waals surface area contributed by atoms with E-state index >= 15 is 0 Å². The van der Waals surface area contributed by atoms with Gasteiger partial charge in [0.05, 0.1) is 17.7 Å². The SMILES string of the molecule is CCNC(=O)C(=O)CCC(NC(=O)c1ccncc1C(=O)O)C(=O)NC(C(=O)N1CC(=O)C[C@H]1C(=O)NC(C(=O)NC(C(N)=O)C1CCCCC1)C1CCCCC1)C(C)(C)C. The van der Waals surface area contributed by atoms with Crippen LogP contribution in [0.15, 0.2) is 18.5 Å². The fraction of sp³-hybridized carbons (Fsp3) is 0.643. The number of pyridine rings is 1. The monoisotopic (exact) mass is 852 g/mol. The molecule has 4 rings (SSSR count). The molecular weight excluding hydrogens is 793 g/mol. The first-order valence-corrected chi connectivity index (χ1v) is 21.2. The van der Waals surface area contributed by atoms with E-state index in [0.29, 0.717) is 12.8 Å². The van der Waals surface area contributed by atoms with Gasteiger partial charge in [-0.2, -0.15) is 0 Å². The van der Waals surface area contributed by atoms with E-state index in [0.717, 1.165) is 68.5 Å². The highest BCUT2D eigenvalue weighted by Gasteiger charge is 2.46. The standard InChI is InChI=1S/C42H60N8O11/c1-5-45-38(57)30(52)17-16-28(46-35(54)26-18-19-44-21-27(26)41(60)61)36(55)49-33(42(2,3)4)40(59)50-22-25(51)20-29(50)37(56)48-32(24-14-10-7-11-15-24)39(58)47-31(34(43)53)23-12-8-6-9-13-23/h18-19,21,23-24,28-29,31-33H,5-17,20,22H2,1-4H3,(H2,43,53)(H,45,57)(H,46,54)(H,47,58)(H,48,56)(H,49,55)(H,60,61)/t28?,29-,31?,32?,33?/m0/s1. The van der Waals surface area contributed by atoms with Gasteiger partial charge in [0.25, 0.3) is 11.8 Å². The topological polar surface area (TPSA) is 293 Å². The highest BCUT2D eigenvalue weighted by molar-refractivity contribution is 6.36. The summed E-state index contributed by atoms with van der Waals surface area (Å²) in [5.74, 6) is -8.96. The molecule has 2 heterocycles. The van der Waals surface area contributed by atoms with Crippen molar-refractivity contribution in [3.8, 4) is 0 Å². The van der Waals surface area contributed by atoms with Crippen LogP contribution in [0, 0.1) is 17.3 Å². The molecule has 2 saturated carbocycles. The Balaban J connectivity index is 1.58. The molecule has 3 fully saturated rings. The molecule has 19 heteroatoms. The molecule has 1 aliphatic heterocycles. The summed E-state index contributed by atoms with van der Waals surface area (Å²) in [6.45, 7) is 6.14. The van der Waals surface area contributed by atoms with Crippen LogP contribution in [-0.4, -0.2) is 117 Å². The number of nitrogens with one attached hydrogen (secondary N) is 5. The summed E-state index contributed by atoms with van der Waals surface area (Å²) < 4.78 is 0. The van der Waals surface area contributed by atoms with Crippen molar-refractivity contribution in [2.45, 2.75) is 141 Å². The van der Waals surface area contributed by atoms with Crippen molar-refractivity contribution < 1.29 is 53.1 Å². The van der Waals surface area contributed by atoms with Crippen molar-refractivity contribution in [1.82, 2.24) is 36.5 Å². The minimum Gasteiger partial charge on any atom is -0.478 e. The van der Waals surface area contributed by atoms with Gasteiger partial charge in [-0.1, -0.05) is 59.3 Å². The third-order valence-corrected chi connectivity index (χ3v) is 11.7. The molecule has 334 valence electrons. The molecule has 1 aromatic heterocycles. The van der Waals surface area contributed by atoms with Gasteiger partial charge in [-0.25, -0.2) is 4.79 Å². The Kier molecular flexibility index (Phi) is 17.0. The number of amides is 7. The summed E-state index contributed by atoms with van der Waals surface area (Å²) in [6.07, 6.45) is 8.89. The van der Waals surface area contributed by atoms with Gasteiger partial charge in [0.1, 0.15) is 30.2 Å². The maximum Gasteiger partial charge on any atom is 0.338 e. The van der Waals surface area contributed by atoms with E-state index in [1.54, 1.807) is 27.7 Å². The first-order chi connectivity index (χ1) is 28.8. The third kappa shape index (κ3) is 12.9. The Morgan fingerprint density at radius 1 is 0.836 bits per heavy atom. The molecule has 0 bridgehead atoms. The highest BCUT2D eigenvalue weighted by Crippen LogP contribution is 2.30. The Morgan fingerprint density at radius 2 is 1.44 bits per heavy atom. The normalized spacial score (nSPS) is 19.4. The molecule has 0 aromatic carbocycles. The lowest BCUT2D eigenvalue weighted by Crippen LogP contribution is -2.62. The van der Waals surface area contributed by atoms with Gasteiger partial charge in [0, 0.05) is 31.8 Å². The van der Waals surface area contributed by atoms with Gasteiger partial charge in [0.2, 0.25) is 35.3 Å².